The summed E-state index contributed by atoms with van der Waals surface area (Å²) < 4.78 is 6.18. The first kappa shape index (κ1) is 20.5. The lowest BCUT2D eigenvalue weighted by molar-refractivity contribution is -0.110. The Balaban J connectivity index is 2.64. The average Bonchev–Trinajstić information content (AvgIpc) is 3.00. The van der Waals surface area contributed by atoms with E-state index in [9.17, 15) is 14.4 Å². The molecule has 0 fully saturated rings. The number of ether oxygens (including phenoxy) is 1. The molecule has 1 unspecified atom stereocenters. The molecule has 2 amide bonds. The lowest BCUT2D eigenvalue weighted by Gasteiger charge is -2.21. The summed E-state index contributed by atoms with van der Waals surface area (Å²) in [6.07, 6.45) is 0.761. The minimum atomic E-state index is -0.822. The van der Waals surface area contributed by atoms with Gasteiger partial charge in [-0.2, -0.15) is 0 Å². The maximum absolute atomic E-state index is 12.4. The Morgan fingerprint density at radius 3 is 2.63 bits per heavy atom. The Bertz CT molecular complexity index is 884. The van der Waals surface area contributed by atoms with E-state index in [0.717, 1.165) is 0 Å². The first-order valence-corrected chi connectivity index (χ1v) is 8.51. The standard InChI is InChI=1S/C16H17Cl2N5O4/c1-3-11(8-4-5-9(17)10(18)6-8)23-13(15(26)27-2)12(21-16(23)19)14(25)22-20-7-24/h4-7,11H,3H2,1-2H3,(H2,19,21)(H,20,24)(H,22,25). The number of hydrazine groups is 1. The van der Waals surface area contributed by atoms with E-state index in [2.05, 4.69) is 10.4 Å². The predicted octanol–water partition coefficient (Wildman–Crippen LogP) is 1.95. The van der Waals surface area contributed by atoms with E-state index in [0.29, 0.717) is 22.0 Å². The van der Waals surface area contributed by atoms with Gasteiger partial charge in [0, 0.05) is 0 Å². The molecule has 4 N–H and O–H groups in total. The predicted molar refractivity (Wildman–Crippen MR) is 99.5 cm³/mol. The average molecular weight is 414 g/mol. The Kier molecular flexibility index (Phi) is 6.65. The minimum absolute atomic E-state index is 0.0791. The van der Waals surface area contributed by atoms with E-state index in [1.807, 2.05) is 12.3 Å². The summed E-state index contributed by atoms with van der Waals surface area (Å²) in [5.74, 6) is -1.71. The number of rotatable bonds is 7. The molecule has 2 rings (SSSR count). The number of nitrogen functional groups attached to an aromatic ring is 1. The van der Waals surface area contributed by atoms with Crippen molar-refractivity contribution in [3.63, 3.8) is 0 Å². The summed E-state index contributed by atoms with van der Waals surface area (Å²) in [4.78, 5) is 39.0. The van der Waals surface area contributed by atoms with Crippen molar-refractivity contribution >= 4 is 47.4 Å². The largest absolute Gasteiger partial charge is 0.464 e. The minimum Gasteiger partial charge on any atom is -0.464 e. The van der Waals surface area contributed by atoms with Gasteiger partial charge in [0.25, 0.3) is 5.91 Å². The number of benzene rings is 1. The molecule has 1 aromatic heterocycles. The van der Waals surface area contributed by atoms with Gasteiger partial charge < -0.3 is 10.5 Å². The van der Waals surface area contributed by atoms with Gasteiger partial charge in [-0.3, -0.25) is 25.0 Å². The quantitative estimate of drug-likeness (QED) is 0.361. The fourth-order valence-electron chi connectivity index (χ4n) is 2.66. The van der Waals surface area contributed by atoms with Crippen LogP contribution in [0.4, 0.5) is 5.95 Å². The summed E-state index contributed by atoms with van der Waals surface area (Å²) in [5.41, 5.74) is 10.3. The van der Waals surface area contributed by atoms with Crippen LogP contribution in [0.5, 0.6) is 0 Å². The molecule has 0 saturated heterocycles. The second-order valence-corrected chi connectivity index (χ2v) is 6.16. The highest BCUT2D eigenvalue weighted by Gasteiger charge is 2.31. The van der Waals surface area contributed by atoms with Crippen LogP contribution in [0.1, 0.15) is 45.9 Å². The molecule has 1 heterocycles. The van der Waals surface area contributed by atoms with E-state index < -0.39 is 17.9 Å². The van der Waals surface area contributed by atoms with Crippen LogP contribution in [-0.4, -0.2) is 34.9 Å². The van der Waals surface area contributed by atoms with E-state index in [4.69, 9.17) is 33.7 Å². The second-order valence-electron chi connectivity index (χ2n) is 5.34. The van der Waals surface area contributed by atoms with E-state index in [1.54, 1.807) is 18.2 Å². The van der Waals surface area contributed by atoms with Crippen molar-refractivity contribution in [2.45, 2.75) is 19.4 Å². The zero-order valence-electron chi connectivity index (χ0n) is 14.5. The Labute approximate surface area is 164 Å². The van der Waals surface area contributed by atoms with E-state index >= 15 is 0 Å². The molecule has 144 valence electrons. The highest BCUT2D eigenvalue weighted by atomic mass is 35.5. The highest BCUT2D eigenvalue weighted by Crippen LogP contribution is 2.32. The smallest absolute Gasteiger partial charge is 0.357 e. The maximum Gasteiger partial charge on any atom is 0.357 e. The van der Waals surface area contributed by atoms with Crippen LogP contribution in [0.3, 0.4) is 0 Å². The molecule has 0 bridgehead atoms. The number of halogens is 2. The summed E-state index contributed by atoms with van der Waals surface area (Å²) in [7, 11) is 1.17. The summed E-state index contributed by atoms with van der Waals surface area (Å²) in [5, 5.41) is 0.709. The number of nitrogens with two attached hydrogens (primary N) is 1. The number of anilines is 1. The van der Waals surface area contributed by atoms with Gasteiger partial charge in [-0.1, -0.05) is 36.2 Å². The number of imidazole rings is 1. The van der Waals surface area contributed by atoms with Crippen molar-refractivity contribution in [2.75, 3.05) is 12.8 Å². The first-order chi connectivity index (χ1) is 12.8. The van der Waals surface area contributed by atoms with Crippen LogP contribution in [0.25, 0.3) is 0 Å². The second kappa shape index (κ2) is 8.74. The van der Waals surface area contributed by atoms with Crippen molar-refractivity contribution in [3.8, 4) is 0 Å². The maximum atomic E-state index is 12.4. The molecule has 9 nitrogen and oxygen atoms in total. The highest BCUT2D eigenvalue weighted by molar-refractivity contribution is 6.42. The summed E-state index contributed by atoms with van der Waals surface area (Å²) in [6.45, 7) is 1.86. The molecule has 0 aliphatic rings. The Morgan fingerprint density at radius 2 is 2.07 bits per heavy atom. The SMILES string of the molecule is CCC(c1ccc(Cl)c(Cl)c1)n1c(N)nc(C(=O)NNC=O)c1C(=O)OC. The number of esters is 1. The molecular formula is C16H17Cl2N5O4. The number of carbonyl (C=O) groups is 3. The number of nitrogens with zero attached hydrogens (tertiary/aromatic N) is 2. The monoisotopic (exact) mass is 413 g/mol. The summed E-state index contributed by atoms with van der Waals surface area (Å²) >= 11 is 12.1. The molecule has 0 radical (unpaired) electrons. The van der Waals surface area contributed by atoms with Crippen LogP contribution in [-0.2, 0) is 9.53 Å². The van der Waals surface area contributed by atoms with Crippen LogP contribution < -0.4 is 16.6 Å². The number of hydrogen-bond acceptors (Lipinski definition) is 6. The van der Waals surface area contributed by atoms with E-state index in [-0.39, 0.29) is 23.7 Å². The lowest BCUT2D eigenvalue weighted by atomic mass is 10.0. The number of aromatic nitrogens is 2. The van der Waals surface area contributed by atoms with Gasteiger partial charge in [0.05, 0.1) is 23.2 Å². The number of amides is 2. The Morgan fingerprint density at radius 1 is 1.37 bits per heavy atom. The van der Waals surface area contributed by atoms with E-state index in [1.165, 1.54) is 11.7 Å². The van der Waals surface area contributed by atoms with Gasteiger partial charge in [-0.25, -0.2) is 9.78 Å². The van der Waals surface area contributed by atoms with Crippen molar-refractivity contribution < 1.29 is 19.1 Å². The molecule has 0 spiro atoms. The van der Waals surface area contributed by atoms with Gasteiger partial charge in [0.2, 0.25) is 12.4 Å². The van der Waals surface area contributed by atoms with Crippen LogP contribution in [0.2, 0.25) is 10.0 Å². The lowest BCUT2D eigenvalue weighted by Crippen LogP contribution is -2.37. The van der Waals surface area contributed by atoms with Gasteiger partial charge in [-0.05, 0) is 24.1 Å². The van der Waals surface area contributed by atoms with Gasteiger partial charge in [0.15, 0.2) is 11.4 Å². The van der Waals surface area contributed by atoms with Crippen molar-refractivity contribution in [3.05, 3.63) is 45.2 Å². The normalized spacial score (nSPS) is 11.6. The number of methoxy groups -OCH3 is 1. The fraction of sp³-hybridized carbons (Fsp3) is 0.250. The molecule has 0 aliphatic carbocycles. The Hall–Kier alpha value is -2.78. The van der Waals surface area contributed by atoms with Crippen molar-refractivity contribution in [2.24, 2.45) is 0 Å². The van der Waals surface area contributed by atoms with Crippen molar-refractivity contribution in [1.82, 2.24) is 20.4 Å². The topological polar surface area (TPSA) is 128 Å². The fourth-order valence-corrected chi connectivity index (χ4v) is 2.96. The molecule has 1 atom stereocenters. The third kappa shape index (κ3) is 4.15. The molecular weight excluding hydrogens is 397 g/mol. The van der Waals surface area contributed by atoms with Gasteiger partial charge in [-0.15, -0.1) is 0 Å². The first-order valence-electron chi connectivity index (χ1n) is 7.76. The number of nitrogens with one attached hydrogen (secondary N) is 2. The molecule has 11 heteroatoms. The number of hydrogen-bond donors (Lipinski definition) is 3. The third-order valence-corrected chi connectivity index (χ3v) is 4.54. The third-order valence-electron chi connectivity index (χ3n) is 3.80. The molecule has 27 heavy (non-hydrogen) atoms. The number of carbonyl (C=O) groups excluding carboxylic acids is 3. The molecule has 0 saturated carbocycles. The van der Waals surface area contributed by atoms with Gasteiger partial charge in [0.1, 0.15) is 0 Å². The van der Waals surface area contributed by atoms with Crippen LogP contribution in [0.15, 0.2) is 18.2 Å². The molecule has 2 aromatic rings. The van der Waals surface area contributed by atoms with Crippen LogP contribution >= 0.6 is 23.2 Å². The van der Waals surface area contributed by atoms with Crippen LogP contribution in [0, 0.1) is 0 Å². The van der Waals surface area contributed by atoms with Gasteiger partial charge >= 0.3 is 5.97 Å². The molecule has 1 aromatic carbocycles. The summed E-state index contributed by atoms with van der Waals surface area (Å²) in [6, 6.07) is 4.53. The zero-order chi connectivity index (χ0) is 20.1. The van der Waals surface area contributed by atoms with Crippen molar-refractivity contribution in [1.29, 1.82) is 0 Å². The molecule has 0 aliphatic heterocycles. The zero-order valence-corrected chi connectivity index (χ0v) is 16.0.